The molecule has 3 aliphatic rings. The highest BCUT2D eigenvalue weighted by Gasteiger charge is 2.71. The van der Waals surface area contributed by atoms with Crippen LogP contribution in [0.1, 0.15) is 17.2 Å². The number of imide groups is 1. The third-order valence-electron chi connectivity index (χ3n) is 6.72. The van der Waals surface area contributed by atoms with E-state index in [9.17, 15) is 19.5 Å². The lowest BCUT2D eigenvalue weighted by atomic mass is 9.76. The predicted octanol–water partition coefficient (Wildman–Crippen LogP) is 1.44. The van der Waals surface area contributed by atoms with Gasteiger partial charge < -0.3 is 15.2 Å². The summed E-state index contributed by atoms with van der Waals surface area (Å²) in [5, 5.41) is 17.8. The molecule has 0 aromatic heterocycles. The fourth-order valence-corrected chi connectivity index (χ4v) is 5.41. The molecule has 0 aliphatic carbocycles. The first-order valence-electron chi connectivity index (χ1n) is 10.4. The lowest BCUT2D eigenvalue weighted by Crippen LogP contribution is -2.54. The monoisotopic (exact) mass is 455 g/mol. The Balaban J connectivity index is 1.63. The molecule has 3 amide bonds. The number of nitrogens with zero attached hydrogens (tertiary/aromatic N) is 1. The summed E-state index contributed by atoms with van der Waals surface area (Å²) in [6.07, 6.45) is -1.14. The Bertz CT molecular complexity index is 1110. The normalized spacial score (nSPS) is 29.4. The molecule has 5 rings (SSSR count). The molecule has 166 valence electrons. The number of carbonyl (C=O) groups excluding carboxylic acids is 3. The zero-order valence-corrected chi connectivity index (χ0v) is 18.0. The van der Waals surface area contributed by atoms with Gasteiger partial charge in [-0.15, -0.1) is 0 Å². The first kappa shape index (κ1) is 21.1. The Morgan fingerprint density at radius 3 is 2.56 bits per heavy atom. The lowest BCUT2D eigenvalue weighted by molar-refractivity contribution is -0.143. The van der Waals surface area contributed by atoms with Gasteiger partial charge in [0.25, 0.3) is 0 Å². The van der Waals surface area contributed by atoms with Gasteiger partial charge in [0.15, 0.2) is 0 Å². The van der Waals surface area contributed by atoms with Crippen molar-refractivity contribution in [1.29, 1.82) is 0 Å². The number of aliphatic hydroxyl groups is 1. The van der Waals surface area contributed by atoms with Gasteiger partial charge in [-0.25, -0.2) is 0 Å². The van der Waals surface area contributed by atoms with Gasteiger partial charge in [0.05, 0.1) is 37.1 Å². The highest BCUT2D eigenvalue weighted by atomic mass is 35.5. The largest absolute Gasteiger partial charge is 0.387 e. The number of amides is 3. The molecule has 9 heteroatoms. The zero-order valence-electron chi connectivity index (χ0n) is 17.2. The van der Waals surface area contributed by atoms with Crippen LogP contribution in [0.15, 0.2) is 48.5 Å². The van der Waals surface area contributed by atoms with Crippen molar-refractivity contribution in [3.63, 3.8) is 0 Å². The second-order valence-corrected chi connectivity index (χ2v) is 8.74. The summed E-state index contributed by atoms with van der Waals surface area (Å²) in [6, 6.07) is 12.9. The van der Waals surface area contributed by atoms with Crippen molar-refractivity contribution < 1.29 is 24.2 Å². The number of nitrogens with one attached hydrogen (secondary N) is 2. The van der Waals surface area contributed by atoms with E-state index in [0.717, 1.165) is 4.90 Å². The van der Waals surface area contributed by atoms with Crippen LogP contribution < -0.4 is 10.6 Å². The van der Waals surface area contributed by atoms with Gasteiger partial charge in [-0.05, 0) is 23.8 Å². The molecular weight excluding hydrogens is 434 g/mol. The Kier molecular flexibility index (Phi) is 5.05. The topological polar surface area (TPSA) is 108 Å². The summed E-state index contributed by atoms with van der Waals surface area (Å²) in [7, 11) is 1.49. The minimum Gasteiger partial charge on any atom is -0.387 e. The number of hydrogen-bond donors (Lipinski definition) is 3. The quantitative estimate of drug-likeness (QED) is 0.589. The molecule has 0 bridgehead atoms. The Morgan fingerprint density at radius 2 is 1.84 bits per heavy atom. The van der Waals surface area contributed by atoms with Crippen molar-refractivity contribution in [2.75, 3.05) is 25.6 Å². The fourth-order valence-electron chi connectivity index (χ4n) is 5.29. The van der Waals surface area contributed by atoms with E-state index in [1.54, 1.807) is 48.5 Å². The number of halogens is 1. The molecule has 3 heterocycles. The van der Waals surface area contributed by atoms with Crippen LogP contribution in [0.5, 0.6) is 0 Å². The van der Waals surface area contributed by atoms with Gasteiger partial charge in [-0.1, -0.05) is 41.9 Å². The van der Waals surface area contributed by atoms with Gasteiger partial charge in [0.1, 0.15) is 5.54 Å². The highest BCUT2D eigenvalue weighted by molar-refractivity contribution is 6.30. The molecule has 2 fully saturated rings. The molecule has 2 aromatic carbocycles. The predicted molar refractivity (Wildman–Crippen MR) is 116 cm³/mol. The molecule has 0 radical (unpaired) electrons. The smallest absolute Gasteiger partial charge is 0.250 e. The average Bonchev–Trinajstić information content (AvgIpc) is 3.38. The van der Waals surface area contributed by atoms with Crippen LogP contribution in [-0.2, 0) is 24.7 Å². The van der Waals surface area contributed by atoms with E-state index >= 15 is 0 Å². The van der Waals surface area contributed by atoms with E-state index in [4.69, 9.17) is 16.3 Å². The Labute approximate surface area is 189 Å². The third kappa shape index (κ3) is 2.84. The van der Waals surface area contributed by atoms with E-state index in [2.05, 4.69) is 10.6 Å². The van der Waals surface area contributed by atoms with Crippen LogP contribution in [0.2, 0.25) is 5.02 Å². The van der Waals surface area contributed by atoms with E-state index in [-0.39, 0.29) is 13.2 Å². The first-order valence-corrected chi connectivity index (χ1v) is 10.7. The summed E-state index contributed by atoms with van der Waals surface area (Å²) < 4.78 is 5.07. The van der Waals surface area contributed by atoms with Gasteiger partial charge in [0.2, 0.25) is 17.7 Å². The minimum atomic E-state index is -1.45. The third-order valence-corrected chi connectivity index (χ3v) is 6.97. The van der Waals surface area contributed by atoms with Gasteiger partial charge in [0, 0.05) is 23.4 Å². The number of benzene rings is 2. The number of anilines is 1. The van der Waals surface area contributed by atoms with Crippen LogP contribution in [0.4, 0.5) is 5.69 Å². The number of hydrogen-bond acceptors (Lipinski definition) is 6. The van der Waals surface area contributed by atoms with Crippen LogP contribution in [0.3, 0.4) is 0 Å². The maximum absolute atomic E-state index is 13.5. The summed E-state index contributed by atoms with van der Waals surface area (Å²) in [5.74, 6) is -3.17. The molecule has 32 heavy (non-hydrogen) atoms. The maximum Gasteiger partial charge on any atom is 0.250 e. The minimum absolute atomic E-state index is 0.0876. The maximum atomic E-state index is 13.5. The van der Waals surface area contributed by atoms with E-state index < -0.39 is 47.2 Å². The summed E-state index contributed by atoms with van der Waals surface area (Å²) in [4.78, 5) is 41.4. The van der Waals surface area contributed by atoms with Gasteiger partial charge in [-0.3, -0.25) is 24.6 Å². The van der Waals surface area contributed by atoms with E-state index in [0.29, 0.717) is 21.8 Å². The highest BCUT2D eigenvalue weighted by Crippen LogP contribution is 2.54. The number of ether oxygens (including phenoxy) is 1. The molecule has 5 atom stereocenters. The molecule has 1 spiro atoms. The number of methoxy groups -OCH3 is 1. The molecular formula is C23H22ClN3O5. The zero-order chi connectivity index (χ0) is 22.6. The van der Waals surface area contributed by atoms with Crippen molar-refractivity contribution in [1.82, 2.24) is 10.2 Å². The number of para-hydroxylation sites is 1. The van der Waals surface area contributed by atoms with Crippen LogP contribution in [-0.4, -0.2) is 54.0 Å². The number of rotatable bonds is 5. The van der Waals surface area contributed by atoms with E-state index in [1.807, 2.05) is 0 Å². The summed E-state index contributed by atoms with van der Waals surface area (Å²) in [6.45, 7) is 0.273. The second kappa shape index (κ2) is 7.67. The number of carbonyl (C=O) groups is 3. The molecule has 3 aliphatic heterocycles. The molecule has 2 aromatic rings. The van der Waals surface area contributed by atoms with Gasteiger partial charge >= 0.3 is 0 Å². The Morgan fingerprint density at radius 1 is 1.12 bits per heavy atom. The van der Waals surface area contributed by atoms with Crippen molar-refractivity contribution in [3.05, 3.63) is 64.7 Å². The second-order valence-electron chi connectivity index (χ2n) is 8.30. The van der Waals surface area contributed by atoms with Gasteiger partial charge in [-0.2, -0.15) is 0 Å². The van der Waals surface area contributed by atoms with Crippen molar-refractivity contribution in [2.24, 2.45) is 11.8 Å². The van der Waals surface area contributed by atoms with Crippen LogP contribution in [0, 0.1) is 11.8 Å². The number of fused-ring (bicyclic) bond motifs is 4. The first-order chi connectivity index (χ1) is 15.4. The van der Waals surface area contributed by atoms with Crippen LogP contribution in [0.25, 0.3) is 0 Å². The number of likely N-dealkylation sites (tertiary alicyclic amines) is 1. The van der Waals surface area contributed by atoms with E-state index in [1.165, 1.54) is 7.11 Å². The SMILES string of the molecule is COCCN1C(=O)[C@H]2[C@H]([C@H](O)c3ccc(Cl)cc3)N[C@@]3(C(=O)Nc4ccccc43)[C@H]2C1=O. The van der Waals surface area contributed by atoms with Crippen molar-refractivity contribution in [3.8, 4) is 0 Å². The molecule has 0 unspecified atom stereocenters. The molecule has 8 nitrogen and oxygen atoms in total. The number of aliphatic hydroxyl groups excluding tert-OH is 1. The molecule has 3 N–H and O–H groups in total. The van der Waals surface area contributed by atoms with Crippen LogP contribution >= 0.6 is 11.6 Å². The summed E-state index contributed by atoms with van der Waals surface area (Å²) >= 11 is 5.98. The fraction of sp³-hybridized carbons (Fsp3) is 0.348. The van der Waals surface area contributed by atoms with Crippen molar-refractivity contribution >= 4 is 35.0 Å². The summed E-state index contributed by atoms with van der Waals surface area (Å²) in [5.41, 5.74) is 0.264. The average molecular weight is 456 g/mol. The van der Waals surface area contributed by atoms with Crippen molar-refractivity contribution in [2.45, 2.75) is 17.7 Å². The Hall–Kier alpha value is -2.78. The molecule has 0 saturated carbocycles. The lowest BCUT2D eigenvalue weighted by Gasteiger charge is -2.30. The molecule has 2 saturated heterocycles. The standard InChI is InChI=1S/C23H22ClN3O5/c1-32-11-10-27-20(29)16-17(21(27)30)23(14-4-2-3-5-15(14)25-22(23)31)26-18(16)19(28)12-6-8-13(24)9-7-12/h2-9,16-19,26,28H,10-11H2,1H3,(H,25,31)/t16-,17-,18-,19-,23-/m1/s1.